The molecule has 0 aromatic carbocycles. The van der Waals surface area contributed by atoms with Crippen molar-refractivity contribution in [3.8, 4) is 0 Å². The van der Waals surface area contributed by atoms with Gasteiger partial charge in [0.1, 0.15) is 11.9 Å². The lowest BCUT2D eigenvalue weighted by Gasteiger charge is -2.29. The summed E-state index contributed by atoms with van der Waals surface area (Å²) in [6.07, 6.45) is 3.62. The first-order valence-corrected chi connectivity index (χ1v) is 7.20. The van der Waals surface area contributed by atoms with Gasteiger partial charge in [-0.05, 0) is 12.8 Å². The summed E-state index contributed by atoms with van der Waals surface area (Å²) in [4.78, 5) is 16.4. The number of hydrogen-bond acceptors (Lipinski definition) is 4. The molecule has 6 heteroatoms. The minimum absolute atomic E-state index is 0.0312. The number of amides is 1. The minimum atomic E-state index is -0.280. The molecule has 1 amide bonds. The SMILES string of the molecule is CC(C)Cn1ccnc1CNC(=O)[C@H]1NCCO[C@@H]1C. The standard InChI is InChI=1S/C14H24N4O2/c1-10(2)9-18-6-4-15-12(18)8-17-14(19)13-11(3)20-7-5-16-13/h4,6,10-11,13,16H,5,7-9H2,1-3H3,(H,17,19)/t11-,13+/m1/s1. The van der Waals surface area contributed by atoms with Gasteiger partial charge in [0.05, 0.1) is 19.3 Å². The van der Waals surface area contributed by atoms with Crippen LogP contribution in [0.4, 0.5) is 0 Å². The average molecular weight is 280 g/mol. The van der Waals surface area contributed by atoms with Crippen LogP contribution < -0.4 is 10.6 Å². The summed E-state index contributed by atoms with van der Waals surface area (Å²) in [5.41, 5.74) is 0. The zero-order valence-electron chi connectivity index (χ0n) is 12.4. The number of carbonyl (C=O) groups excluding carboxylic acids is 1. The largest absolute Gasteiger partial charge is 0.375 e. The van der Waals surface area contributed by atoms with E-state index in [1.165, 1.54) is 0 Å². The average Bonchev–Trinajstić information content (AvgIpc) is 2.83. The number of imidazole rings is 1. The van der Waals surface area contributed by atoms with Gasteiger partial charge in [-0.1, -0.05) is 13.8 Å². The van der Waals surface area contributed by atoms with Gasteiger partial charge in [-0.15, -0.1) is 0 Å². The van der Waals surface area contributed by atoms with Crippen molar-refractivity contribution in [2.24, 2.45) is 5.92 Å². The maximum atomic E-state index is 12.1. The van der Waals surface area contributed by atoms with Gasteiger partial charge >= 0.3 is 0 Å². The summed E-state index contributed by atoms with van der Waals surface area (Å²) in [6.45, 7) is 8.96. The Morgan fingerprint density at radius 1 is 1.65 bits per heavy atom. The highest BCUT2D eigenvalue weighted by atomic mass is 16.5. The smallest absolute Gasteiger partial charge is 0.240 e. The molecule has 20 heavy (non-hydrogen) atoms. The van der Waals surface area contributed by atoms with Gasteiger partial charge in [0.2, 0.25) is 5.91 Å². The molecule has 1 fully saturated rings. The lowest BCUT2D eigenvalue weighted by molar-refractivity contribution is -0.129. The summed E-state index contributed by atoms with van der Waals surface area (Å²) >= 11 is 0. The van der Waals surface area contributed by atoms with Crippen LogP contribution in [0, 0.1) is 5.92 Å². The molecule has 1 aromatic rings. The lowest BCUT2D eigenvalue weighted by Crippen LogP contribution is -2.55. The number of rotatable bonds is 5. The first kappa shape index (κ1) is 15.0. The second-order valence-electron chi connectivity index (χ2n) is 5.62. The van der Waals surface area contributed by atoms with Crippen LogP contribution in [0.3, 0.4) is 0 Å². The van der Waals surface area contributed by atoms with E-state index in [0.29, 0.717) is 25.6 Å². The van der Waals surface area contributed by atoms with Crippen LogP contribution in [0.1, 0.15) is 26.6 Å². The van der Waals surface area contributed by atoms with E-state index in [-0.39, 0.29) is 18.1 Å². The van der Waals surface area contributed by atoms with Crippen LogP contribution in [0.5, 0.6) is 0 Å². The summed E-state index contributed by atoms with van der Waals surface area (Å²) in [5.74, 6) is 1.40. The summed E-state index contributed by atoms with van der Waals surface area (Å²) in [7, 11) is 0. The van der Waals surface area contributed by atoms with Gasteiger partial charge in [-0.3, -0.25) is 4.79 Å². The maximum Gasteiger partial charge on any atom is 0.240 e. The number of nitrogens with one attached hydrogen (secondary N) is 2. The Bertz CT molecular complexity index is 444. The highest BCUT2D eigenvalue weighted by Gasteiger charge is 2.28. The fourth-order valence-corrected chi connectivity index (χ4v) is 2.37. The molecule has 1 aromatic heterocycles. The Morgan fingerprint density at radius 3 is 3.15 bits per heavy atom. The number of aromatic nitrogens is 2. The highest BCUT2D eigenvalue weighted by molar-refractivity contribution is 5.82. The first-order valence-electron chi connectivity index (χ1n) is 7.20. The predicted molar refractivity (Wildman–Crippen MR) is 76.1 cm³/mol. The van der Waals surface area contributed by atoms with Crippen LogP contribution in [-0.2, 0) is 22.6 Å². The zero-order chi connectivity index (χ0) is 14.5. The van der Waals surface area contributed by atoms with Crippen LogP contribution in [0.25, 0.3) is 0 Å². The normalized spacial score (nSPS) is 23.0. The van der Waals surface area contributed by atoms with Crippen molar-refractivity contribution in [3.05, 3.63) is 18.2 Å². The summed E-state index contributed by atoms with van der Waals surface area (Å²) < 4.78 is 7.56. The van der Waals surface area contributed by atoms with Crippen molar-refractivity contribution in [1.82, 2.24) is 20.2 Å². The van der Waals surface area contributed by atoms with Crippen LogP contribution in [-0.4, -0.2) is 40.8 Å². The lowest BCUT2D eigenvalue weighted by atomic mass is 10.1. The Hall–Kier alpha value is -1.40. The fourth-order valence-electron chi connectivity index (χ4n) is 2.37. The van der Waals surface area contributed by atoms with Crippen LogP contribution >= 0.6 is 0 Å². The number of morpholine rings is 1. The Labute approximate surface area is 119 Å². The third-order valence-electron chi connectivity index (χ3n) is 3.38. The summed E-state index contributed by atoms with van der Waals surface area (Å²) in [6, 6.07) is -0.280. The van der Waals surface area contributed by atoms with Crippen molar-refractivity contribution in [2.75, 3.05) is 13.2 Å². The molecule has 2 N–H and O–H groups in total. The molecule has 1 saturated heterocycles. The number of ether oxygens (including phenoxy) is 1. The molecule has 2 rings (SSSR count). The molecular formula is C14H24N4O2. The quantitative estimate of drug-likeness (QED) is 0.826. The molecule has 2 atom stereocenters. The van der Waals surface area contributed by atoms with Crippen molar-refractivity contribution in [2.45, 2.75) is 46.0 Å². The van der Waals surface area contributed by atoms with Gasteiger partial charge in [0, 0.05) is 25.5 Å². The maximum absolute atomic E-state index is 12.1. The predicted octanol–water partition coefficient (Wildman–Crippen LogP) is 0.532. The van der Waals surface area contributed by atoms with Crippen LogP contribution in [0.15, 0.2) is 12.4 Å². The molecule has 0 unspecified atom stereocenters. The number of hydrogen-bond donors (Lipinski definition) is 2. The summed E-state index contributed by atoms with van der Waals surface area (Å²) in [5, 5.41) is 6.12. The van der Waals surface area contributed by atoms with Gasteiger partial charge in [-0.2, -0.15) is 0 Å². The molecule has 0 saturated carbocycles. The molecule has 0 aliphatic carbocycles. The van der Waals surface area contributed by atoms with E-state index in [2.05, 4.69) is 34.0 Å². The first-order chi connectivity index (χ1) is 9.58. The topological polar surface area (TPSA) is 68.2 Å². The van der Waals surface area contributed by atoms with Gasteiger partial charge in [-0.25, -0.2) is 4.98 Å². The third kappa shape index (κ3) is 3.80. The monoisotopic (exact) mass is 280 g/mol. The van der Waals surface area contributed by atoms with E-state index in [9.17, 15) is 4.79 Å². The molecule has 0 bridgehead atoms. The Kier molecular flexibility index (Phi) is 5.14. The second-order valence-corrected chi connectivity index (χ2v) is 5.62. The number of nitrogens with zero attached hydrogens (tertiary/aromatic N) is 2. The Morgan fingerprint density at radius 2 is 2.45 bits per heavy atom. The van der Waals surface area contributed by atoms with E-state index in [0.717, 1.165) is 12.4 Å². The third-order valence-corrected chi connectivity index (χ3v) is 3.38. The molecule has 1 aliphatic heterocycles. The van der Waals surface area contributed by atoms with E-state index >= 15 is 0 Å². The van der Waals surface area contributed by atoms with Gasteiger partial charge in [0.25, 0.3) is 0 Å². The molecule has 1 aliphatic rings. The molecular weight excluding hydrogens is 256 g/mol. The highest BCUT2D eigenvalue weighted by Crippen LogP contribution is 2.06. The molecule has 2 heterocycles. The van der Waals surface area contributed by atoms with E-state index in [1.54, 1.807) is 6.20 Å². The van der Waals surface area contributed by atoms with E-state index in [1.807, 2.05) is 13.1 Å². The number of carbonyl (C=O) groups is 1. The van der Waals surface area contributed by atoms with Crippen molar-refractivity contribution < 1.29 is 9.53 Å². The molecule has 0 radical (unpaired) electrons. The zero-order valence-corrected chi connectivity index (χ0v) is 12.4. The molecule has 6 nitrogen and oxygen atoms in total. The van der Waals surface area contributed by atoms with Crippen molar-refractivity contribution in [1.29, 1.82) is 0 Å². The molecule has 112 valence electrons. The van der Waals surface area contributed by atoms with E-state index in [4.69, 9.17) is 4.74 Å². The Balaban J connectivity index is 1.88. The van der Waals surface area contributed by atoms with Crippen molar-refractivity contribution in [3.63, 3.8) is 0 Å². The van der Waals surface area contributed by atoms with Gasteiger partial charge < -0.3 is 19.9 Å². The van der Waals surface area contributed by atoms with Crippen LogP contribution in [0.2, 0.25) is 0 Å². The minimum Gasteiger partial charge on any atom is -0.375 e. The van der Waals surface area contributed by atoms with E-state index < -0.39 is 0 Å². The second kappa shape index (κ2) is 6.85. The van der Waals surface area contributed by atoms with Crippen molar-refractivity contribution >= 4 is 5.91 Å². The fraction of sp³-hybridized carbons (Fsp3) is 0.714. The van der Waals surface area contributed by atoms with Gasteiger partial charge in [0.15, 0.2) is 0 Å². The molecule has 0 spiro atoms.